The standard InChI is InChI=1S/C10H13ClN2O5/c11-4-7-17-6-1-5-12-10(14)8-2-3-9(18-8)13(15)16/h2-3H,1,4-7H2,(H,12,14). The van der Waals surface area contributed by atoms with E-state index in [0.29, 0.717) is 32.1 Å². The lowest BCUT2D eigenvalue weighted by molar-refractivity contribution is -0.402. The fourth-order valence-corrected chi connectivity index (χ4v) is 1.28. The van der Waals surface area contributed by atoms with Crippen molar-refractivity contribution < 1.29 is 18.9 Å². The molecule has 18 heavy (non-hydrogen) atoms. The highest BCUT2D eigenvalue weighted by Gasteiger charge is 2.16. The summed E-state index contributed by atoms with van der Waals surface area (Å²) in [6.07, 6.45) is 0.630. The number of rotatable bonds is 8. The quantitative estimate of drug-likeness (QED) is 0.336. The van der Waals surface area contributed by atoms with Crippen molar-refractivity contribution in [3.63, 3.8) is 0 Å². The van der Waals surface area contributed by atoms with Crippen molar-refractivity contribution in [1.82, 2.24) is 5.32 Å². The maximum absolute atomic E-state index is 11.5. The predicted molar refractivity (Wildman–Crippen MR) is 63.9 cm³/mol. The number of halogens is 1. The zero-order valence-corrected chi connectivity index (χ0v) is 10.3. The Balaban J connectivity index is 2.25. The van der Waals surface area contributed by atoms with Crippen molar-refractivity contribution in [3.8, 4) is 0 Å². The number of nitro groups is 1. The molecule has 0 radical (unpaired) electrons. The van der Waals surface area contributed by atoms with Crippen LogP contribution in [0.4, 0.5) is 5.88 Å². The highest BCUT2D eigenvalue weighted by molar-refractivity contribution is 6.17. The lowest BCUT2D eigenvalue weighted by atomic mass is 10.4. The fraction of sp³-hybridized carbons (Fsp3) is 0.500. The number of ether oxygens (including phenoxy) is 1. The summed E-state index contributed by atoms with van der Waals surface area (Å²) >= 11 is 5.41. The largest absolute Gasteiger partial charge is 0.433 e. The minimum Gasteiger partial charge on any atom is -0.395 e. The molecule has 100 valence electrons. The SMILES string of the molecule is O=C(NCCCOCCCl)c1ccc([N+](=O)[O-])o1. The Kier molecular flexibility index (Phi) is 6.16. The van der Waals surface area contributed by atoms with Gasteiger partial charge in [0.2, 0.25) is 0 Å². The van der Waals surface area contributed by atoms with Crippen molar-refractivity contribution in [2.45, 2.75) is 6.42 Å². The number of carbonyl (C=O) groups is 1. The van der Waals surface area contributed by atoms with Gasteiger partial charge in [-0.05, 0) is 12.5 Å². The van der Waals surface area contributed by atoms with Gasteiger partial charge in [0.05, 0.1) is 12.7 Å². The maximum atomic E-state index is 11.5. The molecule has 0 aromatic carbocycles. The topological polar surface area (TPSA) is 94.6 Å². The molecule has 1 amide bonds. The van der Waals surface area contributed by atoms with Crippen LogP contribution in [0.25, 0.3) is 0 Å². The smallest absolute Gasteiger partial charge is 0.395 e. The third-order valence-corrected chi connectivity index (χ3v) is 2.12. The van der Waals surface area contributed by atoms with Gasteiger partial charge in [0.15, 0.2) is 5.76 Å². The number of carbonyl (C=O) groups excluding carboxylic acids is 1. The first-order valence-electron chi connectivity index (χ1n) is 5.31. The summed E-state index contributed by atoms with van der Waals surface area (Å²) < 4.78 is 9.85. The summed E-state index contributed by atoms with van der Waals surface area (Å²) in [4.78, 5) is 21.1. The second-order valence-corrected chi connectivity index (χ2v) is 3.68. The van der Waals surface area contributed by atoms with Gasteiger partial charge in [-0.3, -0.25) is 14.9 Å². The first-order valence-corrected chi connectivity index (χ1v) is 5.84. The summed E-state index contributed by atoms with van der Waals surface area (Å²) in [6, 6.07) is 2.40. The molecule has 7 nitrogen and oxygen atoms in total. The lowest BCUT2D eigenvalue weighted by Crippen LogP contribution is -2.24. The number of alkyl halides is 1. The molecule has 0 spiro atoms. The van der Waals surface area contributed by atoms with Crippen molar-refractivity contribution in [2.75, 3.05) is 25.6 Å². The average molecular weight is 277 g/mol. The van der Waals surface area contributed by atoms with E-state index in [0.717, 1.165) is 6.07 Å². The first kappa shape index (κ1) is 14.5. The van der Waals surface area contributed by atoms with Crippen LogP contribution in [0.5, 0.6) is 0 Å². The molecule has 0 aliphatic carbocycles. The molecule has 0 saturated carbocycles. The van der Waals surface area contributed by atoms with Gasteiger partial charge >= 0.3 is 5.88 Å². The minimum absolute atomic E-state index is 0.0802. The zero-order valence-electron chi connectivity index (χ0n) is 9.56. The zero-order chi connectivity index (χ0) is 13.4. The first-order chi connectivity index (χ1) is 8.65. The molecule has 0 bridgehead atoms. The van der Waals surface area contributed by atoms with Crippen LogP contribution >= 0.6 is 11.6 Å². The molecule has 0 aliphatic heterocycles. The van der Waals surface area contributed by atoms with Crippen LogP contribution in [0.3, 0.4) is 0 Å². The summed E-state index contributed by atoms with van der Waals surface area (Å²) in [6.45, 7) is 1.36. The number of nitrogens with one attached hydrogen (secondary N) is 1. The van der Waals surface area contributed by atoms with E-state index in [9.17, 15) is 14.9 Å². The van der Waals surface area contributed by atoms with Crippen LogP contribution in [0.1, 0.15) is 17.0 Å². The highest BCUT2D eigenvalue weighted by Crippen LogP contribution is 2.15. The Morgan fingerprint density at radius 1 is 1.50 bits per heavy atom. The number of hydrogen-bond acceptors (Lipinski definition) is 5. The molecule has 1 heterocycles. The van der Waals surface area contributed by atoms with E-state index >= 15 is 0 Å². The molecule has 1 aromatic heterocycles. The van der Waals surface area contributed by atoms with E-state index in [4.69, 9.17) is 20.8 Å². The minimum atomic E-state index is -0.698. The Morgan fingerprint density at radius 3 is 2.89 bits per heavy atom. The number of nitrogens with zero attached hydrogens (tertiary/aromatic N) is 1. The van der Waals surface area contributed by atoms with Crippen molar-refractivity contribution in [1.29, 1.82) is 0 Å². The van der Waals surface area contributed by atoms with Gasteiger partial charge in [0.1, 0.15) is 4.92 Å². The van der Waals surface area contributed by atoms with Gasteiger partial charge in [-0.2, -0.15) is 0 Å². The monoisotopic (exact) mass is 276 g/mol. The van der Waals surface area contributed by atoms with Crippen LogP contribution in [0, 0.1) is 10.1 Å². The summed E-state index contributed by atoms with van der Waals surface area (Å²) in [5, 5.41) is 12.9. The molecule has 1 rings (SSSR count). The number of amides is 1. The van der Waals surface area contributed by atoms with Crippen LogP contribution in [-0.4, -0.2) is 36.5 Å². The van der Waals surface area contributed by atoms with Gasteiger partial charge in [0.25, 0.3) is 5.91 Å². The van der Waals surface area contributed by atoms with Crippen molar-refractivity contribution in [3.05, 3.63) is 28.0 Å². The van der Waals surface area contributed by atoms with Crippen LogP contribution in [0.2, 0.25) is 0 Å². The molecular weight excluding hydrogens is 264 g/mol. The Bertz CT molecular complexity index is 407. The molecule has 0 fully saturated rings. The third-order valence-electron chi connectivity index (χ3n) is 1.97. The van der Waals surface area contributed by atoms with Gasteiger partial charge in [0, 0.05) is 19.0 Å². The molecule has 1 aromatic rings. The Labute approximate surface area is 108 Å². The van der Waals surface area contributed by atoms with E-state index in [1.165, 1.54) is 6.07 Å². The number of hydrogen-bond donors (Lipinski definition) is 1. The van der Waals surface area contributed by atoms with Crippen LogP contribution in [-0.2, 0) is 4.74 Å². The molecule has 1 N–H and O–H groups in total. The van der Waals surface area contributed by atoms with E-state index in [2.05, 4.69) is 5.32 Å². The predicted octanol–water partition coefficient (Wildman–Crippen LogP) is 1.56. The van der Waals surface area contributed by atoms with Gasteiger partial charge < -0.3 is 14.5 Å². The second-order valence-electron chi connectivity index (χ2n) is 3.31. The normalized spacial score (nSPS) is 10.3. The highest BCUT2D eigenvalue weighted by atomic mass is 35.5. The number of furan rings is 1. The molecule has 0 atom stereocenters. The van der Waals surface area contributed by atoms with Crippen molar-refractivity contribution in [2.24, 2.45) is 0 Å². The van der Waals surface area contributed by atoms with E-state index < -0.39 is 16.7 Å². The molecule has 0 saturated heterocycles. The summed E-state index contributed by atoms with van der Waals surface area (Å²) in [7, 11) is 0. The average Bonchev–Trinajstić information content (AvgIpc) is 2.83. The van der Waals surface area contributed by atoms with Gasteiger partial charge in [-0.1, -0.05) is 0 Å². The Morgan fingerprint density at radius 2 is 2.28 bits per heavy atom. The van der Waals surface area contributed by atoms with E-state index in [1.54, 1.807) is 0 Å². The third kappa shape index (κ3) is 4.72. The summed E-state index contributed by atoms with van der Waals surface area (Å²) in [5.41, 5.74) is 0. The van der Waals surface area contributed by atoms with Crippen LogP contribution < -0.4 is 5.32 Å². The van der Waals surface area contributed by atoms with Crippen molar-refractivity contribution >= 4 is 23.4 Å². The van der Waals surface area contributed by atoms with E-state index in [-0.39, 0.29) is 5.76 Å². The lowest BCUT2D eigenvalue weighted by Gasteiger charge is -2.03. The fourth-order valence-electron chi connectivity index (χ4n) is 1.17. The van der Waals surface area contributed by atoms with Gasteiger partial charge in [-0.15, -0.1) is 11.6 Å². The molecular formula is C10H13ClN2O5. The molecule has 0 aliphatic rings. The molecule has 0 unspecified atom stereocenters. The second kappa shape index (κ2) is 7.67. The Hall–Kier alpha value is -1.60. The maximum Gasteiger partial charge on any atom is 0.433 e. The summed E-state index contributed by atoms with van der Waals surface area (Å²) in [5.74, 6) is -0.586. The van der Waals surface area contributed by atoms with Crippen LogP contribution in [0.15, 0.2) is 16.5 Å². The molecule has 8 heteroatoms. The van der Waals surface area contributed by atoms with Gasteiger partial charge in [-0.25, -0.2) is 0 Å². The van der Waals surface area contributed by atoms with E-state index in [1.807, 2.05) is 0 Å².